The Kier molecular flexibility index (Phi) is 4.92. The first-order chi connectivity index (χ1) is 8.06. The van der Waals surface area contributed by atoms with Crippen molar-refractivity contribution in [1.29, 1.82) is 0 Å². The molecule has 1 aromatic rings. The fourth-order valence-corrected chi connectivity index (χ4v) is 4.73. The van der Waals surface area contributed by atoms with E-state index in [1.807, 2.05) is 0 Å². The highest BCUT2D eigenvalue weighted by Gasteiger charge is 2.20. The van der Waals surface area contributed by atoms with Gasteiger partial charge in [0.05, 0.1) is 5.69 Å². The summed E-state index contributed by atoms with van der Waals surface area (Å²) in [5, 5.41) is 3.58. The van der Waals surface area contributed by atoms with E-state index in [4.69, 9.17) is 5.73 Å². The van der Waals surface area contributed by atoms with E-state index >= 15 is 0 Å². The van der Waals surface area contributed by atoms with E-state index in [1.54, 1.807) is 0 Å². The summed E-state index contributed by atoms with van der Waals surface area (Å²) in [5.74, 6) is 0. The van der Waals surface area contributed by atoms with Crippen LogP contribution in [0.5, 0.6) is 0 Å². The normalized spacial score (nSPS) is 24.7. The van der Waals surface area contributed by atoms with Crippen molar-refractivity contribution in [3.8, 4) is 0 Å². The fourth-order valence-electron chi connectivity index (χ4n) is 2.24. The van der Waals surface area contributed by atoms with Gasteiger partial charge in [0, 0.05) is 25.5 Å². The highest BCUT2D eigenvalue weighted by Crippen LogP contribution is 2.36. The van der Waals surface area contributed by atoms with Gasteiger partial charge < -0.3 is 11.1 Å². The summed E-state index contributed by atoms with van der Waals surface area (Å²) < 4.78 is 3.19. The van der Waals surface area contributed by atoms with Crippen molar-refractivity contribution in [2.45, 2.75) is 37.8 Å². The zero-order valence-corrected chi connectivity index (χ0v) is 14.1. The van der Waals surface area contributed by atoms with Crippen LogP contribution in [0.2, 0.25) is 0 Å². The third-order valence-corrected chi connectivity index (χ3v) is 4.78. The molecule has 2 unspecified atom stereocenters. The van der Waals surface area contributed by atoms with Crippen LogP contribution in [0, 0.1) is 0 Å². The molecule has 2 atom stereocenters. The summed E-state index contributed by atoms with van der Waals surface area (Å²) >= 11 is 10.6. The Hall–Kier alpha value is 0.420. The summed E-state index contributed by atoms with van der Waals surface area (Å²) in [4.78, 5) is 0. The van der Waals surface area contributed by atoms with Gasteiger partial charge in [0.2, 0.25) is 0 Å². The second-order valence-corrected chi connectivity index (χ2v) is 7.14. The number of hydrogen-bond acceptors (Lipinski definition) is 2. The molecule has 1 fully saturated rings. The monoisotopic (exact) mass is 424 g/mol. The van der Waals surface area contributed by atoms with E-state index in [2.05, 4.69) is 65.2 Å². The molecule has 0 bridgehead atoms. The molecule has 0 aliphatic heterocycles. The molecule has 17 heavy (non-hydrogen) atoms. The Morgan fingerprint density at radius 2 is 1.76 bits per heavy atom. The van der Waals surface area contributed by atoms with E-state index in [9.17, 15) is 0 Å². The summed E-state index contributed by atoms with van der Waals surface area (Å²) in [6.45, 7) is 0. The quantitative estimate of drug-likeness (QED) is 0.722. The van der Waals surface area contributed by atoms with Crippen molar-refractivity contribution in [3.63, 3.8) is 0 Å². The molecule has 5 heteroatoms. The predicted octanol–water partition coefficient (Wildman–Crippen LogP) is 4.66. The Balaban J connectivity index is 2.12. The minimum absolute atomic E-state index is 0.342. The van der Waals surface area contributed by atoms with Crippen molar-refractivity contribution < 1.29 is 0 Å². The molecule has 1 aromatic carbocycles. The van der Waals surface area contributed by atoms with Crippen LogP contribution in [0.4, 0.5) is 5.69 Å². The van der Waals surface area contributed by atoms with Crippen molar-refractivity contribution in [2.24, 2.45) is 5.73 Å². The Morgan fingerprint density at radius 3 is 2.35 bits per heavy atom. The van der Waals surface area contributed by atoms with Crippen LogP contribution in [-0.4, -0.2) is 12.1 Å². The van der Waals surface area contributed by atoms with Crippen LogP contribution >= 0.6 is 47.8 Å². The lowest BCUT2D eigenvalue weighted by molar-refractivity contribution is 0.409. The molecular weight excluding hydrogens is 412 g/mol. The predicted molar refractivity (Wildman–Crippen MR) is 83.4 cm³/mol. The maximum absolute atomic E-state index is 6.01. The van der Waals surface area contributed by atoms with Gasteiger partial charge in [-0.3, -0.25) is 0 Å². The van der Waals surface area contributed by atoms with Crippen molar-refractivity contribution in [2.75, 3.05) is 5.32 Å². The maximum atomic E-state index is 6.01. The zero-order valence-electron chi connectivity index (χ0n) is 9.35. The van der Waals surface area contributed by atoms with Gasteiger partial charge in [-0.05, 0) is 69.7 Å². The summed E-state index contributed by atoms with van der Waals surface area (Å²) in [7, 11) is 0. The highest BCUT2D eigenvalue weighted by molar-refractivity contribution is 9.11. The molecule has 0 aromatic heterocycles. The van der Waals surface area contributed by atoms with Crippen LogP contribution in [0.3, 0.4) is 0 Å². The standard InChI is InChI=1S/C12H15Br3N2/c13-7-4-10(14)12(11(15)5-7)17-9-3-1-2-8(16)6-9/h4-5,8-9,17H,1-3,6,16H2. The number of benzene rings is 1. The first-order valence-corrected chi connectivity index (χ1v) is 8.11. The summed E-state index contributed by atoms with van der Waals surface area (Å²) in [5.41, 5.74) is 7.13. The Morgan fingerprint density at radius 1 is 1.12 bits per heavy atom. The van der Waals surface area contributed by atoms with Gasteiger partial charge in [-0.1, -0.05) is 15.9 Å². The van der Waals surface area contributed by atoms with E-state index < -0.39 is 0 Å². The average molecular weight is 427 g/mol. The highest BCUT2D eigenvalue weighted by atomic mass is 79.9. The molecule has 0 saturated heterocycles. The average Bonchev–Trinajstić information content (AvgIpc) is 2.23. The number of nitrogens with two attached hydrogens (primary N) is 1. The van der Waals surface area contributed by atoms with E-state index in [1.165, 1.54) is 12.8 Å². The van der Waals surface area contributed by atoms with Crippen LogP contribution < -0.4 is 11.1 Å². The van der Waals surface area contributed by atoms with Crippen LogP contribution in [0.15, 0.2) is 25.6 Å². The van der Waals surface area contributed by atoms with Crippen LogP contribution in [0.25, 0.3) is 0 Å². The van der Waals surface area contributed by atoms with E-state index in [0.29, 0.717) is 12.1 Å². The first-order valence-electron chi connectivity index (χ1n) is 5.73. The molecule has 2 nitrogen and oxygen atoms in total. The molecule has 3 N–H and O–H groups in total. The molecular formula is C12H15Br3N2. The van der Waals surface area contributed by atoms with Crippen LogP contribution in [0.1, 0.15) is 25.7 Å². The van der Waals surface area contributed by atoms with Crippen molar-refractivity contribution in [3.05, 3.63) is 25.6 Å². The van der Waals surface area contributed by atoms with Gasteiger partial charge in [-0.25, -0.2) is 0 Å². The molecule has 0 heterocycles. The number of hydrogen-bond donors (Lipinski definition) is 2. The topological polar surface area (TPSA) is 38.0 Å². The third-order valence-electron chi connectivity index (χ3n) is 3.07. The van der Waals surface area contributed by atoms with Gasteiger partial charge >= 0.3 is 0 Å². The SMILES string of the molecule is NC1CCCC(Nc2c(Br)cc(Br)cc2Br)C1. The smallest absolute Gasteiger partial charge is 0.0631 e. The number of anilines is 1. The van der Waals surface area contributed by atoms with E-state index in [0.717, 1.165) is 31.9 Å². The van der Waals surface area contributed by atoms with Gasteiger partial charge in [0.25, 0.3) is 0 Å². The first kappa shape index (κ1) is 13.8. The largest absolute Gasteiger partial charge is 0.380 e. The second-order valence-electron chi connectivity index (χ2n) is 4.51. The molecule has 0 radical (unpaired) electrons. The molecule has 94 valence electrons. The van der Waals surface area contributed by atoms with E-state index in [-0.39, 0.29) is 0 Å². The lowest BCUT2D eigenvalue weighted by Crippen LogP contribution is -2.35. The molecule has 0 spiro atoms. The van der Waals surface area contributed by atoms with Crippen molar-refractivity contribution in [1.82, 2.24) is 0 Å². The molecule has 1 aliphatic rings. The van der Waals surface area contributed by atoms with Gasteiger partial charge in [0.15, 0.2) is 0 Å². The van der Waals surface area contributed by atoms with Gasteiger partial charge in [-0.15, -0.1) is 0 Å². The summed E-state index contributed by atoms with van der Waals surface area (Å²) in [6.07, 6.45) is 4.61. The molecule has 2 rings (SSSR count). The second kappa shape index (κ2) is 6.04. The lowest BCUT2D eigenvalue weighted by Gasteiger charge is -2.29. The number of rotatable bonds is 2. The molecule has 1 aliphatic carbocycles. The molecule has 1 saturated carbocycles. The number of halogens is 3. The van der Waals surface area contributed by atoms with Crippen LogP contribution in [-0.2, 0) is 0 Å². The van der Waals surface area contributed by atoms with Gasteiger partial charge in [0.1, 0.15) is 0 Å². The molecule has 0 amide bonds. The third kappa shape index (κ3) is 3.69. The Bertz CT molecular complexity index is 386. The Labute approximate surface area is 127 Å². The summed E-state index contributed by atoms with van der Waals surface area (Å²) in [6, 6.07) is 4.92. The fraction of sp³-hybridized carbons (Fsp3) is 0.500. The minimum Gasteiger partial charge on any atom is -0.380 e. The lowest BCUT2D eigenvalue weighted by atomic mass is 9.91. The number of nitrogens with one attached hydrogen (secondary N) is 1. The maximum Gasteiger partial charge on any atom is 0.0631 e. The zero-order chi connectivity index (χ0) is 12.4. The van der Waals surface area contributed by atoms with Crippen molar-refractivity contribution >= 4 is 53.5 Å². The van der Waals surface area contributed by atoms with Gasteiger partial charge in [-0.2, -0.15) is 0 Å². The minimum atomic E-state index is 0.342.